The average Bonchev–Trinajstić information content (AvgIpc) is 3.08. The Bertz CT molecular complexity index is 933. The molecule has 2 nitrogen and oxygen atoms in total. The zero-order valence-corrected chi connectivity index (χ0v) is 16.3. The molecule has 0 saturated heterocycles. The van der Waals surface area contributed by atoms with Crippen LogP contribution in [0.2, 0.25) is 0 Å². The second-order valence-electron chi connectivity index (χ2n) is 7.34. The first kappa shape index (κ1) is 18.1. The van der Waals surface area contributed by atoms with Gasteiger partial charge in [-0.2, -0.15) is 0 Å². The maximum Gasteiger partial charge on any atom is 0.138 e. The summed E-state index contributed by atoms with van der Waals surface area (Å²) in [5.41, 5.74) is 3.42. The van der Waals surface area contributed by atoms with Crippen molar-refractivity contribution >= 4 is 22.6 Å². The highest BCUT2D eigenvalue weighted by Crippen LogP contribution is 2.36. The van der Waals surface area contributed by atoms with Gasteiger partial charge in [-0.1, -0.05) is 60.7 Å². The molecule has 138 valence electrons. The van der Waals surface area contributed by atoms with Crippen molar-refractivity contribution in [2.75, 3.05) is 0 Å². The lowest BCUT2D eigenvalue weighted by molar-refractivity contribution is 0.528. The first-order chi connectivity index (χ1) is 13.2. The van der Waals surface area contributed by atoms with Crippen LogP contribution in [0.25, 0.3) is 0 Å². The summed E-state index contributed by atoms with van der Waals surface area (Å²) >= 11 is 1.70. The molecule has 0 bridgehead atoms. The predicted molar refractivity (Wildman–Crippen MR) is 111 cm³/mol. The minimum Gasteiger partial charge on any atom is -0.248 e. The molecule has 2 atom stereocenters. The summed E-state index contributed by atoms with van der Waals surface area (Å²) in [6.07, 6.45) is 6.00. The van der Waals surface area contributed by atoms with Gasteiger partial charge >= 0.3 is 0 Å². The summed E-state index contributed by atoms with van der Waals surface area (Å²) in [7, 11) is 0. The fourth-order valence-corrected chi connectivity index (χ4v) is 4.64. The highest BCUT2D eigenvalue weighted by molar-refractivity contribution is 7.15. The van der Waals surface area contributed by atoms with Crippen molar-refractivity contribution in [2.45, 2.75) is 38.5 Å². The summed E-state index contributed by atoms with van der Waals surface area (Å²) in [5, 5.41) is 2.19. The Morgan fingerprint density at radius 1 is 1.15 bits per heavy atom. The fraction of sp³-hybridized carbons (Fsp3) is 0.304. The van der Waals surface area contributed by atoms with Crippen LogP contribution < -0.4 is 0 Å². The number of halogens is 1. The minimum absolute atomic E-state index is 0.110. The highest BCUT2D eigenvalue weighted by Gasteiger charge is 2.21. The third kappa shape index (κ3) is 4.51. The third-order valence-corrected chi connectivity index (χ3v) is 6.10. The molecule has 0 N–H and O–H groups in total. The molecule has 2 heterocycles. The van der Waals surface area contributed by atoms with Crippen molar-refractivity contribution in [1.82, 2.24) is 4.98 Å². The number of fused-ring (bicyclic) bond motifs is 1. The lowest BCUT2D eigenvalue weighted by Gasteiger charge is -2.15. The van der Waals surface area contributed by atoms with Crippen molar-refractivity contribution in [3.63, 3.8) is 0 Å². The topological polar surface area (TPSA) is 25.2 Å². The molecule has 4 rings (SSSR count). The number of hydrogen-bond donors (Lipinski definition) is 0. The zero-order valence-electron chi connectivity index (χ0n) is 15.4. The van der Waals surface area contributed by atoms with E-state index in [1.165, 1.54) is 11.6 Å². The molecule has 4 heteroatoms. The van der Waals surface area contributed by atoms with Crippen molar-refractivity contribution in [3.05, 3.63) is 82.2 Å². The molecule has 0 amide bonds. The van der Waals surface area contributed by atoms with Crippen molar-refractivity contribution < 1.29 is 4.39 Å². The first-order valence-electron chi connectivity index (χ1n) is 9.49. The second kappa shape index (κ2) is 8.13. The van der Waals surface area contributed by atoms with E-state index in [0.29, 0.717) is 5.92 Å². The van der Waals surface area contributed by atoms with Crippen LogP contribution in [0, 0.1) is 11.7 Å². The van der Waals surface area contributed by atoms with Gasteiger partial charge in [-0.15, -0.1) is 0 Å². The van der Waals surface area contributed by atoms with Gasteiger partial charge in [0.1, 0.15) is 10.8 Å². The fourth-order valence-electron chi connectivity index (χ4n) is 3.53. The van der Waals surface area contributed by atoms with E-state index < -0.39 is 0 Å². The standard InChI is InChI=1S/C23H23FN2S/c1-16(10-11-17-6-3-2-4-7-17)12-22-26-21-14-19(15-25-23(21)27-22)18-8-5-9-20(24)13-18/h2-9,13,15-16,19H,10-12,14H2,1H3. The van der Waals surface area contributed by atoms with E-state index in [1.807, 2.05) is 12.3 Å². The van der Waals surface area contributed by atoms with E-state index in [-0.39, 0.29) is 11.7 Å². The normalized spacial score (nSPS) is 16.9. The summed E-state index contributed by atoms with van der Waals surface area (Å²) < 4.78 is 13.5. The van der Waals surface area contributed by atoms with E-state index in [4.69, 9.17) is 4.98 Å². The Morgan fingerprint density at radius 3 is 2.81 bits per heavy atom. The van der Waals surface area contributed by atoms with Gasteiger partial charge in [0, 0.05) is 25.0 Å². The molecular formula is C23H23FN2S. The second-order valence-corrected chi connectivity index (χ2v) is 8.40. The first-order valence-corrected chi connectivity index (χ1v) is 10.3. The Morgan fingerprint density at radius 2 is 2.00 bits per heavy atom. The molecule has 1 aliphatic rings. The molecule has 0 fully saturated rings. The Kier molecular flexibility index (Phi) is 5.44. The van der Waals surface area contributed by atoms with Gasteiger partial charge in [0.15, 0.2) is 0 Å². The lowest BCUT2D eigenvalue weighted by Crippen LogP contribution is -2.09. The van der Waals surface area contributed by atoms with Crippen molar-refractivity contribution in [1.29, 1.82) is 0 Å². The quantitative estimate of drug-likeness (QED) is 0.506. The largest absolute Gasteiger partial charge is 0.248 e. The zero-order chi connectivity index (χ0) is 18.6. The number of rotatable bonds is 6. The maximum atomic E-state index is 13.5. The molecule has 2 unspecified atom stereocenters. The van der Waals surface area contributed by atoms with Crippen LogP contribution in [0.1, 0.15) is 41.1 Å². The molecule has 0 spiro atoms. The van der Waals surface area contributed by atoms with E-state index >= 15 is 0 Å². The Labute approximate surface area is 163 Å². The molecule has 1 aromatic heterocycles. The highest BCUT2D eigenvalue weighted by atomic mass is 32.1. The summed E-state index contributed by atoms with van der Waals surface area (Å²) in [6.45, 7) is 2.29. The predicted octanol–water partition coefficient (Wildman–Crippen LogP) is 6.14. The number of aryl methyl sites for hydroxylation is 1. The van der Waals surface area contributed by atoms with Crippen molar-refractivity contribution in [3.8, 4) is 0 Å². The number of aromatic nitrogens is 1. The number of thiazole rings is 1. The molecule has 2 aromatic carbocycles. The van der Waals surface area contributed by atoms with E-state index in [1.54, 1.807) is 23.5 Å². The van der Waals surface area contributed by atoms with Gasteiger partial charge in [0.25, 0.3) is 0 Å². The smallest absolute Gasteiger partial charge is 0.138 e. The number of nitrogens with zero attached hydrogens (tertiary/aromatic N) is 2. The summed E-state index contributed by atoms with van der Waals surface area (Å²) in [5.74, 6) is 0.498. The van der Waals surface area contributed by atoms with Gasteiger partial charge in [0.05, 0.1) is 10.7 Å². The van der Waals surface area contributed by atoms with Gasteiger partial charge in [-0.05, 0) is 42.0 Å². The van der Waals surface area contributed by atoms with Gasteiger partial charge < -0.3 is 0 Å². The molecule has 0 radical (unpaired) electrons. The van der Waals surface area contributed by atoms with Crippen LogP contribution in [0.4, 0.5) is 9.39 Å². The van der Waals surface area contributed by atoms with Crippen molar-refractivity contribution in [2.24, 2.45) is 10.9 Å². The summed E-state index contributed by atoms with van der Waals surface area (Å²) in [4.78, 5) is 9.47. The molecular weight excluding hydrogens is 355 g/mol. The minimum atomic E-state index is -0.196. The van der Waals surface area contributed by atoms with Crippen LogP contribution in [0.5, 0.6) is 0 Å². The van der Waals surface area contributed by atoms with Crippen LogP contribution in [0.15, 0.2) is 59.6 Å². The van der Waals surface area contributed by atoms with Crippen LogP contribution in [0.3, 0.4) is 0 Å². The Hall–Kier alpha value is -2.33. The monoisotopic (exact) mass is 378 g/mol. The SMILES string of the molecule is CC(CCc1ccccc1)Cc1nc2c(s1)N=CC(c1cccc(F)c1)C2. The molecule has 1 aliphatic heterocycles. The van der Waals surface area contributed by atoms with E-state index in [9.17, 15) is 4.39 Å². The van der Waals surface area contributed by atoms with Crippen LogP contribution in [-0.2, 0) is 19.3 Å². The van der Waals surface area contributed by atoms with Gasteiger partial charge in [-0.3, -0.25) is 0 Å². The molecule has 0 saturated carbocycles. The molecule has 27 heavy (non-hydrogen) atoms. The third-order valence-electron chi connectivity index (χ3n) is 5.07. The van der Waals surface area contributed by atoms with Crippen LogP contribution >= 0.6 is 11.3 Å². The van der Waals surface area contributed by atoms with E-state index in [0.717, 1.165) is 46.9 Å². The maximum absolute atomic E-state index is 13.5. The summed E-state index contributed by atoms with van der Waals surface area (Å²) in [6, 6.07) is 17.4. The van der Waals surface area contributed by atoms with Gasteiger partial charge in [-0.25, -0.2) is 14.4 Å². The van der Waals surface area contributed by atoms with Crippen LogP contribution in [-0.4, -0.2) is 11.2 Å². The Balaban J connectivity index is 1.38. The number of aliphatic imine (C=N–C) groups is 1. The number of benzene rings is 2. The van der Waals surface area contributed by atoms with Gasteiger partial charge in [0.2, 0.25) is 0 Å². The molecule has 3 aromatic rings. The van der Waals surface area contributed by atoms with E-state index in [2.05, 4.69) is 42.2 Å². The lowest BCUT2D eigenvalue weighted by atomic mass is 9.94. The molecule has 0 aliphatic carbocycles. The average molecular weight is 379 g/mol. The number of hydrogen-bond acceptors (Lipinski definition) is 3.